The maximum absolute atomic E-state index is 13.0. The fourth-order valence-corrected chi connectivity index (χ4v) is 3.54. The minimum atomic E-state index is -0.379. The zero-order valence-corrected chi connectivity index (χ0v) is 15.4. The Morgan fingerprint density at radius 2 is 1.85 bits per heavy atom. The number of Topliss-reactive ketones (excluding diaryl/α,β-unsaturated/α-hetero) is 1. The van der Waals surface area contributed by atoms with Crippen molar-refractivity contribution in [1.82, 2.24) is 9.55 Å². The Balaban J connectivity index is 1.91. The summed E-state index contributed by atoms with van der Waals surface area (Å²) in [7, 11) is 0. The van der Waals surface area contributed by atoms with Crippen LogP contribution in [-0.2, 0) is 6.54 Å². The molecule has 3 rings (SSSR count). The van der Waals surface area contributed by atoms with Crippen molar-refractivity contribution >= 4 is 28.4 Å². The van der Waals surface area contributed by atoms with Crippen LogP contribution in [0.15, 0.2) is 58.5 Å². The summed E-state index contributed by atoms with van der Waals surface area (Å²) in [6.07, 6.45) is 0. The van der Waals surface area contributed by atoms with Gasteiger partial charge < -0.3 is 0 Å². The van der Waals surface area contributed by atoms with E-state index in [-0.39, 0.29) is 28.8 Å². The first-order valence-electron chi connectivity index (χ1n) is 8.37. The number of carbonyl (C=O) groups is 1. The maximum Gasteiger partial charge on any atom is 0.262 e. The average Bonchev–Trinajstić information content (AvgIpc) is 2.63. The van der Waals surface area contributed by atoms with E-state index in [1.165, 1.54) is 36.0 Å². The lowest BCUT2D eigenvalue weighted by atomic mass is 10.1. The highest BCUT2D eigenvalue weighted by molar-refractivity contribution is 7.99. The van der Waals surface area contributed by atoms with Crippen LogP contribution in [0.2, 0.25) is 0 Å². The van der Waals surface area contributed by atoms with Crippen LogP contribution in [-0.4, -0.2) is 21.1 Å². The van der Waals surface area contributed by atoms with Crippen LogP contribution in [0.25, 0.3) is 10.9 Å². The summed E-state index contributed by atoms with van der Waals surface area (Å²) in [6, 6.07) is 12.7. The zero-order valence-electron chi connectivity index (χ0n) is 14.6. The molecule has 1 aromatic heterocycles. The Labute approximate surface area is 155 Å². The molecule has 2 aromatic carbocycles. The molecule has 0 aliphatic carbocycles. The quantitative estimate of drug-likeness (QED) is 0.371. The minimum absolute atomic E-state index is 0.0963. The molecule has 4 nitrogen and oxygen atoms in total. The molecule has 0 unspecified atom stereocenters. The monoisotopic (exact) mass is 370 g/mol. The van der Waals surface area contributed by atoms with Crippen molar-refractivity contribution in [3.05, 3.63) is 70.3 Å². The number of fused-ring (bicyclic) bond motifs is 1. The molecule has 0 atom stereocenters. The first kappa shape index (κ1) is 18.3. The van der Waals surface area contributed by atoms with E-state index >= 15 is 0 Å². The summed E-state index contributed by atoms with van der Waals surface area (Å²) in [5.41, 5.74) is 0.965. The number of carbonyl (C=O) groups excluding carboxylic acids is 1. The Morgan fingerprint density at radius 3 is 2.54 bits per heavy atom. The largest absolute Gasteiger partial charge is 0.293 e. The summed E-state index contributed by atoms with van der Waals surface area (Å²) in [5.74, 6) is -0.110. The van der Waals surface area contributed by atoms with Gasteiger partial charge in [-0.05, 0) is 42.3 Å². The van der Waals surface area contributed by atoms with Gasteiger partial charge in [-0.25, -0.2) is 9.37 Å². The van der Waals surface area contributed by atoms with Gasteiger partial charge in [-0.3, -0.25) is 14.2 Å². The second-order valence-electron chi connectivity index (χ2n) is 6.44. The number of halogens is 1. The maximum atomic E-state index is 13.0. The molecule has 134 valence electrons. The number of para-hydroxylation sites is 1. The summed E-state index contributed by atoms with van der Waals surface area (Å²) in [5, 5.41) is 1.10. The molecule has 6 heteroatoms. The normalized spacial score (nSPS) is 11.2. The molecule has 0 spiro atoms. The third-order valence-electron chi connectivity index (χ3n) is 3.87. The molecule has 0 aliphatic rings. The van der Waals surface area contributed by atoms with Crippen molar-refractivity contribution in [2.24, 2.45) is 5.92 Å². The van der Waals surface area contributed by atoms with Crippen LogP contribution in [0.1, 0.15) is 24.2 Å². The molecule has 0 fully saturated rings. The summed E-state index contributed by atoms with van der Waals surface area (Å²) >= 11 is 1.23. The Kier molecular flexibility index (Phi) is 5.52. The molecule has 3 aromatic rings. The van der Waals surface area contributed by atoms with Crippen LogP contribution < -0.4 is 5.56 Å². The van der Waals surface area contributed by atoms with E-state index in [1.807, 2.05) is 26.0 Å². The van der Waals surface area contributed by atoms with Crippen LogP contribution in [0, 0.1) is 11.7 Å². The van der Waals surface area contributed by atoms with Crippen molar-refractivity contribution in [2.75, 3.05) is 5.75 Å². The average molecular weight is 370 g/mol. The fraction of sp³-hybridized carbons (Fsp3) is 0.250. The molecule has 0 bridgehead atoms. The molecule has 0 saturated heterocycles. The first-order valence-corrected chi connectivity index (χ1v) is 9.35. The summed E-state index contributed by atoms with van der Waals surface area (Å²) in [6.45, 7) is 4.59. The Bertz CT molecular complexity index is 997. The van der Waals surface area contributed by atoms with E-state index in [0.29, 0.717) is 28.2 Å². The second-order valence-corrected chi connectivity index (χ2v) is 7.38. The van der Waals surface area contributed by atoms with Crippen molar-refractivity contribution < 1.29 is 9.18 Å². The first-order chi connectivity index (χ1) is 12.5. The van der Waals surface area contributed by atoms with Gasteiger partial charge >= 0.3 is 0 Å². The SMILES string of the molecule is CC(C)Cn1c(SCC(=O)c2ccc(F)cc2)nc2ccccc2c1=O. The van der Waals surface area contributed by atoms with Crippen molar-refractivity contribution in [1.29, 1.82) is 0 Å². The third-order valence-corrected chi connectivity index (χ3v) is 4.85. The lowest BCUT2D eigenvalue weighted by Gasteiger charge is -2.14. The van der Waals surface area contributed by atoms with Gasteiger partial charge in [0, 0.05) is 12.1 Å². The van der Waals surface area contributed by atoms with Gasteiger partial charge in [-0.2, -0.15) is 0 Å². The van der Waals surface area contributed by atoms with Crippen molar-refractivity contribution in [3.63, 3.8) is 0 Å². The van der Waals surface area contributed by atoms with E-state index in [4.69, 9.17) is 0 Å². The molecule has 0 aliphatic heterocycles. The second kappa shape index (κ2) is 7.83. The molecule has 0 radical (unpaired) electrons. The lowest BCUT2D eigenvalue weighted by Crippen LogP contribution is -2.25. The highest BCUT2D eigenvalue weighted by atomic mass is 32.2. The number of thioether (sulfide) groups is 1. The van der Waals surface area contributed by atoms with Gasteiger partial charge in [0.1, 0.15) is 5.82 Å². The van der Waals surface area contributed by atoms with E-state index in [1.54, 1.807) is 16.7 Å². The molecule has 26 heavy (non-hydrogen) atoms. The smallest absolute Gasteiger partial charge is 0.262 e. The zero-order chi connectivity index (χ0) is 18.7. The van der Waals surface area contributed by atoms with Gasteiger partial charge in [0.15, 0.2) is 10.9 Å². The predicted molar refractivity (Wildman–Crippen MR) is 102 cm³/mol. The number of aromatic nitrogens is 2. The van der Waals surface area contributed by atoms with Crippen LogP contribution in [0.3, 0.4) is 0 Å². The number of nitrogens with zero attached hydrogens (tertiary/aromatic N) is 2. The Hall–Kier alpha value is -2.47. The molecular weight excluding hydrogens is 351 g/mol. The molecule has 0 saturated carbocycles. The molecular formula is C20H19FN2O2S. The van der Waals surface area contributed by atoms with Gasteiger partial charge in [0.2, 0.25) is 0 Å². The molecule has 0 amide bonds. The molecule has 1 heterocycles. The Morgan fingerprint density at radius 1 is 1.15 bits per heavy atom. The standard InChI is InChI=1S/C20H19FN2O2S/c1-13(2)11-23-19(25)16-5-3-4-6-17(16)22-20(23)26-12-18(24)14-7-9-15(21)10-8-14/h3-10,13H,11-12H2,1-2H3. The lowest BCUT2D eigenvalue weighted by molar-refractivity contribution is 0.102. The number of hydrogen-bond acceptors (Lipinski definition) is 4. The topological polar surface area (TPSA) is 52.0 Å². The van der Waals surface area contributed by atoms with Gasteiger partial charge in [0.25, 0.3) is 5.56 Å². The van der Waals surface area contributed by atoms with Crippen molar-refractivity contribution in [2.45, 2.75) is 25.5 Å². The third kappa shape index (κ3) is 4.02. The number of rotatable bonds is 6. The number of hydrogen-bond donors (Lipinski definition) is 0. The van der Waals surface area contributed by atoms with Crippen LogP contribution >= 0.6 is 11.8 Å². The highest BCUT2D eigenvalue weighted by Crippen LogP contribution is 2.20. The molecule has 0 N–H and O–H groups in total. The number of benzene rings is 2. The minimum Gasteiger partial charge on any atom is -0.293 e. The summed E-state index contributed by atoms with van der Waals surface area (Å²) in [4.78, 5) is 29.8. The fourth-order valence-electron chi connectivity index (χ4n) is 2.63. The van der Waals surface area contributed by atoms with E-state index < -0.39 is 0 Å². The van der Waals surface area contributed by atoms with Crippen LogP contribution in [0.4, 0.5) is 4.39 Å². The van der Waals surface area contributed by atoms with E-state index in [9.17, 15) is 14.0 Å². The van der Waals surface area contributed by atoms with E-state index in [2.05, 4.69) is 4.98 Å². The van der Waals surface area contributed by atoms with Crippen molar-refractivity contribution in [3.8, 4) is 0 Å². The van der Waals surface area contributed by atoms with E-state index in [0.717, 1.165) is 0 Å². The number of ketones is 1. The van der Waals surface area contributed by atoms with Gasteiger partial charge in [-0.1, -0.05) is 37.7 Å². The summed E-state index contributed by atoms with van der Waals surface area (Å²) < 4.78 is 14.6. The van der Waals surface area contributed by atoms with Gasteiger partial charge in [0.05, 0.1) is 16.7 Å². The highest BCUT2D eigenvalue weighted by Gasteiger charge is 2.15. The van der Waals surface area contributed by atoms with Gasteiger partial charge in [-0.15, -0.1) is 0 Å². The van der Waals surface area contributed by atoms with Crippen LogP contribution in [0.5, 0.6) is 0 Å². The predicted octanol–water partition coefficient (Wildman–Crippen LogP) is 4.17.